The largest absolute Gasteiger partial charge is 0.350 e. The average molecular weight is 511 g/mol. The predicted octanol–water partition coefficient (Wildman–Crippen LogP) is 6.23. The molecule has 188 valence electrons. The van der Waals surface area contributed by atoms with Gasteiger partial charge in [-0.1, -0.05) is 115 Å². The van der Waals surface area contributed by atoms with Crippen LogP contribution in [-0.2, 0) is 35.5 Å². The number of halogens is 1. The first kappa shape index (κ1) is 26.2. The van der Waals surface area contributed by atoms with Gasteiger partial charge in [0.15, 0.2) is 0 Å². The third-order valence-corrected chi connectivity index (χ3v) is 6.57. The van der Waals surface area contributed by atoms with E-state index in [0.717, 1.165) is 22.3 Å². The lowest BCUT2D eigenvalue weighted by Crippen LogP contribution is -2.50. The Labute approximate surface area is 223 Å². The Hall–Kier alpha value is -3.89. The highest BCUT2D eigenvalue weighted by Crippen LogP contribution is 2.17. The van der Waals surface area contributed by atoms with Gasteiger partial charge in [-0.3, -0.25) is 9.59 Å². The number of rotatable bonds is 11. The van der Waals surface area contributed by atoms with Crippen molar-refractivity contribution in [1.82, 2.24) is 10.2 Å². The van der Waals surface area contributed by atoms with Gasteiger partial charge < -0.3 is 10.2 Å². The number of hydrogen-bond donors (Lipinski definition) is 1. The number of carbonyl (C=O) groups is 2. The van der Waals surface area contributed by atoms with Crippen LogP contribution in [0.2, 0.25) is 5.02 Å². The summed E-state index contributed by atoms with van der Waals surface area (Å²) in [5.41, 5.74) is 4.03. The number of amides is 2. The van der Waals surface area contributed by atoms with Crippen molar-refractivity contribution in [3.63, 3.8) is 0 Å². The van der Waals surface area contributed by atoms with Crippen LogP contribution in [0.4, 0.5) is 0 Å². The minimum atomic E-state index is -0.654. The lowest BCUT2D eigenvalue weighted by molar-refractivity contribution is -0.141. The second-order valence-electron chi connectivity index (χ2n) is 9.04. The standard InChI is InChI=1S/C32H31ClN2O2/c33-29-19-16-27(17-20-29)23-34-32(37)30(22-26-12-6-2-7-13-26)35(24-28-14-8-3-9-15-28)31(36)21-18-25-10-4-1-5-11-25/h1-17,19-20,30H,18,21-24H2,(H,34,37)/t30-/m0/s1. The van der Waals surface area contributed by atoms with Crippen LogP contribution >= 0.6 is 11.6 Å². The molecule has 0 saturated heterocycles. The summed E-state index contributed by atoms with van der Waals surface area (Å²) >= 11 is 6.01. The fraction of sp³-hybridized carbons (Fsp3) is 0.188. The first-order chi connectivity index (χ1) is 18.1. The number of carbonyl (C=O) groups excluding carboxylic acids is 2. The van der Waals surface area contributed by atoms with Crippen molar-refractivity contribution in [2.45, 2.75) is 38.4 Å². The molecule has 4 rings (SSSR count). The van der Waals surface area contributed by atoms with Crippen LogP contribution < -0.4 is 5.32 Å². The molecular formula is C32H31ClN2O2. The summed E-state index contributed by atoms with van der Waals surface area (Å²) in [6, 6.07) is 36.4. The maximum Gasteiger partial charge on any atom is 0.243 e. The topological polar surface area (TPSA) is 49.4 Å². The van der Waals surface area contributed by atoms with Crippen molar-refractivity contribution >= 4 is 23.4 Å². The summed E-state index contributed by atoms with van der Waals surface area (Å²) < 4.78 is 0. The van der Waals surface area contributed by atoms with Crippen LogP contribution in [0.1, 0.15) is 28.7 Å². The number of aryl methyl sites for hydroxylation is 1. The van der Waals surface area contributed by atoms with Gasteiger partial charge in [-0.15, -0.1) is 0 Å². The fourth-order valence-corrected chi connectivity index (χ4v) is 4.41. The number of nitrogens with one attached hydrogen (secondary N) is 1. The number of benzene rings is 4. The lowest BCUT2D eigenvalue weighted by atomic mass is 10.0. The second kappa shape index (κ2) is 13.4. The third-order valence-electron chi connectivity index (χ3n) is 6.32. The molecule has 4 aromatic rings. The van der Waals surface area contributed by atoms with Crippen molar-refractivity contribution in [2.75, 3.05) is 0 Å². The molecule has 0 fully saturated rings. The smallest absolute Gasteiger partial charge is 0.243 e. The van der Waals surface area contributed by atoms with E-state index in [9.17, 15) is 9.59 Å². The Morgan fingerprint density at radius 1 is 0.676 bits per heavy atom. The molecule has 0 heterocycles. The van der Waals surface area contributed by atoms with Crippen LogP contribution in [0.5, 0.6) is 0 Å². The third kappa shape index (κ3) is 8.06. The predicted molar refractivity (Wildman–Crippen MR) is 149 cm³/mol. The van der Waals surface area contributed by atoms with Crippen LogP contribution in [0.15, 0.2) is 115 Å². The molecule has 37 heavy (non-hydrogen) atoms. The van der Waals surface area contributed by atoms with Gasteiger partial charge in [-0.05, 0) is 40.8 Å². The molecule has 0 aliphatic heterocycles. The van der Waals surface area contributed by atoms with E-state index in [1.807, 2.05) is 103 Å². The van der Waals surface area contributed by atoms with Gasteiger partial charge in [0.2, 0.25) is 11.8 Å². The fourth-order valence-electron chi connectivity index (χ4n) is 4.28. The molecule has 0 spiro atoms. The molecule has 4 nitrogen and oxygen atoms in total. The molecule has 4 aromatic carbocycles. The van der Waals surface area contributed by atoms with E-state index in [1.165, 1.54) is 0 Å². The highest BCUT2D eigenvalue weighted by molar-refractivity contribution is 6.30. The molecule has 1 atom stereocenters. The summed E-state index contributed by atoms with van der Waals surface area (Å²) in [6.07, 6.45) is 1.37. The van der Waals surface area contributed by atoms with Crippen LogP contribution in [-0.4, -0.2) is 22.8 Å². The molecule has 1 N–H and O–H groups in total. The molecular weight excluding hydrogens is 480 g/mol. The molecule has 5 heteroatoms. The van der Waals surface area contributed by atoms with E-state index in [4.69, 9.17) is 11.6 Å². The van der Waals surface area contributed by atoms with Gasteiger partial charge in [-0.25, -0.2) is 0 Å². The zero-order valence-electron chi connectivity index (χ0n) is 20.7. The van der Waals surface area contributed by atoms with Crippen molar-refractivity contribution in [1.29, 1.82) is 0 Å². The lowest BCUT2D eigenvalue weighted by Gasteiger charge is -2.31. The van der Waals surface area contributed by atoms with Gasteiger partial charge >= 0.3 is 0 Å². The van der Waals surface area contributed by atoms with Gasteiger partial charge in [0.1, 0.15) is 6.04 Å². The molecule has 0 aliphatic rings. The molecule has 0 bridgehead atoms. The molecule has 0 unspecified atom stereocenters. The summed E-state index contributed by atoms with van der Waals surface area (Å²) in [5.74, 6) is -0.224. The van der Waals surface area contributed by atoms with Gasteiger partial charge in [-0.2, -0.15) is 0 Å². The number of nitrogens with zero attached hydrogens (tertiary/aromatic N) is 1. The minimum Gasteiger partial charge on any atom is -0.350 e. The maximum atomic E-state index is 13.7. The normalized spacial score (nSPS) is 11.5. The van der Waals surface area contributed by atoms with E-state index in [2.05, 4.69) is 5.32 Å². The highest BCUT2D eigenvalue weighted by atomic mass is 35.5. The molecule has 2 amide bonds. The monoisotopic (exact) mass is 510 g/mol. The Morgan fingerprint density at radius 3 is 1.81 bits per heavy atom. The summed E-state index contributed by atoms with van der Waals surface area (Å²) in [4.78, 5) is 29.1. The van der Waals surface area contributed by atoms with Crippen molar-refractivity contribution < 1.29 is 9.59 Å². The Morgan fingerprint density at radius 2 is 1.22 bits per heavy atom. The van der Waals surface area contributed by atoms with E-state index in [0.29, 0.717) is 37.4 Å². The van der Waals surface area contributed by atoms with Gasteiger partial charge in [0.25, 0.3) is 0 Å². The summed E-state index contributed by atoms with van der Waals surface area (Å²) in [7, 11) is 0. The zero-order valence-corrected chi connectivity index (χ0v) is 21.5. The minimum absolute atomic E-state index is 0.0460. The Bertz CT molecular complexity index is 1260. The summed E-state index contributed by atoms with van der Waals surface area (Å²) in [6.45, 7) is 0.721. The molecule has 0 radical (unpaired) electrons. The summed E-state index contributed by atoms with van der Waals surface area (Å²) in [5, 5.41) is 3.71. The Kier molecular flexibility index (Phi) is 9.50. The molecule has 0 aliphatic carbocycles. The van der Waals surface area contributed by atoms with Crippen molar-refractivity contribution in [3.8, 4) is 0 Å². The molecule has 0 aromatic heterocycles. The van der Waals surface area contributed by atoms with E-state index in [-0.39, 0.29) is 11.8 Å². The second-order valence-corrected chi connectivity index (χ2v) is 9.48. The highest BCUT2D eigenvalue weighted by Gasteiger charge is 2.30. The van der Waals surface area contributed by atoms with E-state index < -0.39 is 6.04 Å². The number of hydrogen-bond acceptors (Lipinski definition) is 2. The van der Waals surface area contributed by atoms with E-state index in [1.54, 1.807) is 17.0 Å². The molecule has 0 saturated carbocycles. The van der Waals surface area contributed by atoms with Crippen molar-refractivity contribution in [2.24, 2.45) is 0 Å². The van der Waals surface area contributed by atoms with Crippen LogP contribution in [0.25, 0.3) is 0 Å². The van der Waals surface area contributed by atoms with E-state index >= 15 is 0 Å². The average Bonchev–Trinajstić information content (AvgIpc) is 2.95. The first-order valence-electron chi connectivity index (χ1n) is 12.5. The van der Waals surface area contributed by atoms with Crippen molar-refractivity contribution in [3.05, 3.63) is 143 Å². The maximum absolute atomic E-state index is 13.7. The first-order valence-corrected chi connectivity index (χ1v) is 12.9. The van der Waals surface area contributed by atoms with Crippen LogP contribution in [0.3, 0.4) is 0 Å². The van der Waals surface area contributed by atoms with Gasteiger partial charge in [0, 0.05) is 31.0 Å². The SMILES string of the molecule is O=C(NCc1ccc(Cl)cc1)[C@H](Cc1ccccc1)N(Cc1ccccc1)C(=O)CCc1ccccc1. The Balaban J connectivity index is 1.58. The van der Waals surface area contributed by atoms with Crippen LogP contribution in [0, 0.1) is 0 Å². The van der Waals surface area contributed by atoms with Gasteiger partial charge in [0.05, 0.1) is 0 Å². The zero-order chi connectivity index (χ0) is 25.9. The quantitative estimate of drug-likeness (QED) is 0.260.